The van der Waals surface area contributed by atoms with Crippen molar-refractivity contribution in [2.75, 3.05) is 7.05 Å². The van der Waals surface area contributed by atoms with Crippen molar-refractivity contribution in [1.29, 1.82) is 0 Å². The summed E-state index contributed by atoms with van der Waals surface area (Å²) in [6.45, 7) is 0. The van der Waals surface area contributed by atoms with E-state index in [-0.39, 0.29) is 0 Å². The number of aliphatic hydroxyl groups excluding tert-OH is 1. The first kappa shape index (κ1) is 17.7. The Morgan fingerprint density at radius 1 is 1.24 bits per heavy atom. The van der Waals surface area contributed by atoms with Crippen molar-refractivity contribution in [3.8, 4) is 0 Å². The Labute approximate surface area is 158 Å². The first-order chi connectivity index (χ1) is 12.0. The molecule has 0 aliphatic heterocycles. The number of carbonyl (C=O) groups excluding carboxylic acids is 1. The lowest BCUT2D eigenvalue weighted by molar-refractivity contribution is -0.129. The van der Waals surface area contributed by atoms with Crippen molar-refractivity contribution < 1.29 is 9.90 Å². The van der Waals surface area contributed by atoms with Crippen molar-refractivity contribution in [3.05, 3.63) is 68.8 Å². The molecule has 0 aliphatic carbocycles. The normalized spacial score (nSPS) is 12.6. The van der Waals surface area contributed by atoms with Crippen LogP contribution >= 0.6 is 27.5 Å². The van der Waals surface area contributed by atoms with Gasteiger partial charge in [-0.3, -0.25) is 4.79 Å². The molecule has 0 bridgehead atoms. The van der Waals surface area contributed by atoms with Crippen LogP contribution in [0.15, 0.2) is 46.9 Å². The van der Waals surface area contributed by atoms with E-state index in [1.165, 1.54) is 7.05 Å². The predicted molar refractivity (Wildman–Crippen MR) is 105 cm³/mol. The van der Waals surface area contributed by atoms with Crippen LogP contribution < -0.4 is 5.32 Å². The minimum absolute atomic E-state index is 0.454. The number of hydrogen-bond acceptors (Lipinski definition) is 2. The van der Waals surface area contributed by atoms with Crippen LogP contribution in [0.4, 0.5) is 0 Å². The molecule has 1 heterocycles. The zero-order chi connectivity index (χ0) is 18.0. The summed E-state index contributed by atoms with van der Waals surface area (Å²) in [6.07, 6.45) is 2.49. The van der Waals surface area contributed by atoms with Gasteiger partial charge in [0.1, 0.15) is 0 Å². The van der Waals surface area contributed by atoms with E-state index >= 15 is 0 Å². The summed E-state index contributed by atoms with van der Waals surface area (Å²) >= 11 is 9.34. The summed E-state index contributed by atoms with van der Waals surface area (Å²) in [5, 5.41) is 14.4. The molecular formula is C19H16BrClN2O2. The lowest BCUT2D eigenvalue weighted by Crippen LogP contribution is -2.25. The van der Waals surface area contributed by atoms with Gasteiger partial charge in [-0.2, -0.15) is 0 Å². The third-order valence-corrected chi connectivity index (χ3v) is 4.66. The van der Waals surface area contributed by atoms with E-state index in [0.29, 0.717) is 16.3 Å². The molecule has 1 amide bonds. The van der Waals surface area contributed by atoms with Crippen molar-refractivity contribution in [3.63, 3.8) is 0 Å². The van der Waals surface area contributed by atoms with Crippen molar-refractivity contribution in [2.24, 2.45) is 0 Å². The number of fused-ring (bicyclic) bond motifs is 1. The number of H-pyrrole nitrogens is 1. The Morgan fingerprint density at radius 3 is 2.64 bits per heavy atom. The Balaban J connectivity index is 2.09. The predicted octanol–water partition coefficient (Wildman–Crippen LogP) is 4.53. The molecule has 3 N–H and O–H groups in total. The molecule has 128 valence electrons. The van der Waals surface area contributed by atoms with E-state index in [2.05, 4.69) is 26.2 Å². The molecule has 0 fully saturated rings. The summed E-state index contributed by atoms with van der Waals surface area (Å²) in [6, 6.07) is 13.1. The fourth-order valence-electron chi connectivity index (χ4n) is 2.66. The van der Waals surface area contributed by atoms with Crippen molar-refractivity contribution in [2.45, 2.75) is 6.10 Å². The molecular weight excluding hydrogens is 404 g/mol. The highest BCUT2D eigenvalue weighted by molar-refractivity contribution is 9.10. The van der Waals surface area contributed by atoms with E-state index in [1.54, 1.807) is 0 Å². The van der Waals surface area contributed by atoms with Crippen LogP contribution in [-0.2, 0) is 4.79 Å². The molecule has 0 spiro atoms. The second kappa shape index (κ2) is 7.44. The largest absolute Gasteiger partial charge is 0.378 e. The van der Waals surface area contributed by atoms with Gasteiger partial charge in [0.15, 0.2) is 6.10 Å². The van der Waals surface area contributed by atoms with Gasteiger partial charge in [-0.05, 0) is 35.9 Å². The molecule has 2 aromatic carbocycles. The molecule has 0 saturated heterocycles. The third kappa shape index (κ3) is 3.79. The number of aromatic amines is 1. The standard InChI is InChI=1S/C19H16BrClN2O2/c1-22-19(25)18(24)17-14-8-5-12(20)10-16(14)23-15(17)9-4-11-2-6-13(21)7-3-11/h2-10,18,23-24H,1H3,(H,22,25). The third-order valence-electron chi connectivity index (χ3n) is 3.91. The van der Waals surface area contributed by atoms with Gasteiger partial charge in [0.05, 0.1) is 0 Å². The first-order valence-electron chi connectivity index (χ1n) is 7.64. The first-order valence-corrected chi connectivity index (χ1v) is 8.81. The van der Waals surface area contributed by atoms with Crippen molar-refractivity contribution >= 4 is 56.5 Å². The zero-order valence-electron chi connectivity index (χ0n) is 13.4. The second-order valence-corrected chi connectivity index (χ2v) is 6.90. The number of halogens is 2. The molecule has 3 aromatic rings. The highest BCUT2D eigenvalue weighted by atomic mass is 79.9. The van der Waals surface area contributed by atoms with Gasteiger partial charge in [-0.25, -0.2) is 0 Å². The maximum absolute atomic E-state index is 12.0. The van der Waals surface area contributed by atoms with Crippen molar-refractivity contribution in [1.82, 2.24) is 10.3 Å². The quantitative estimate of drug-likeness (QED) is 0.581. The molecule has 1 aromatic heterocycles. The summed E-state index contributed by atoms with van der Waals surface area (Å²) in [7, 11) is 1.50. The highest BCUT2D eigenvalue weighted by Crippen LogP contribution is 2.31. The minimum Gasteiger partial charge on any atom is -0.378 e. The van der Waals surface area contributed by atoms with Gasteiger partial charge in [-0.15, -0.1) is 0 Å². The molecule has 25 heavy (non-hydrogen) atoms. The Morgan fingerprint density at radius 2 is 1.96 bits per heavy atom. The number of carbonyl (C=O) groups is 1. The molecule has 1 atom stereocenters. The minimum atomic E-state index is -1.26. The van der Waals surface area contributed by atoms with Crippen LogP contribution in [-0.4, -0.2) is 23.0 Å². The number of benzene rings is 2. The summed E-state index contributed by atoms with van der Waals surface area (Å²) in [5.74, 6) is -0.454. The maximum atomic E-state index is 12.0. The maximum Gasteiger partial charge on any atom is 0.253 e. The number of hydrogen-bond donors (Lipinski definition) is 3. The number of likely N-dealkylation sites (N-methyl/N-ethyl adjacent to an activating group) is 1. The van der Waals surface area contributed by atoms with Crippen LogP contribution in [0.25, 0.3) is 23.1 Å². The monoisotopic (exact) mass is 418 g/mol. The fourth-order valence-corrected chi connectivity index (χ4v) is 3.15. The van der Waals surface area contributed by atoms with E-state index in [0.717, 1.165) is 20.9 Å². The Hall–Kier alpha value is -2.08. The van der Waals surface area contributed by atoms with E-state index in [9.17, 15) is 9.90 Å². The van der Waals surface area contributed by atoms with Gasteiger partial charge in [0.25, 0.3) is 5.91 Å². The number of nitrogens with one attached hydrogen (secondary N) is 2. The highest BCUT2D eigenvalue weighted by Gasteiger charge is 2.23. The van der Waals surface area contributed by atoms with Crippen LogP contribution in [0.1, 0.15) is 22.9 Å². The van der Waals surface area contributed by atoms with E-state index < -0.39 is 12.0 Å². The summed E-state index contributed by atoms with van der Waals surface area (Å²) in [5.41, 5.74) is 3.03. The van der Waals surface area contributed by atoms with Gasteiger partial charge in [0, 0.05) is 38.7 Å². The van der Waals surface area contributed by atoms with Crippen LogP contribution in [0.3, 0.4) is 0 Å². The summed E-state index contributed by atoms with van der Waals surface area (Å²) < 4.78 is 0.912. The SMILES string of the molecule is CNC(=O)C(O)c1c(C=Cc2ccc(Cl)cc2)[nH]c2cc(Br)ccc12. The number of aliphatic hydroxyl groups is 1. The zero-order valence-corrected chi connectivity index (χ0v) is 15.7. The topological polar surface area (TPSA) is 65.1 Å². The average molecular weight is 420 g/mol. The molecule has 3 rings (SSSR count). The van der Waals surface area contributed by atoms with E-state index in [4.69, 9.17) is 11.6 Å². The van der Waals surface area contributed by atoms with Gasteiger partial charge >= 0.3 is 0 Å². The lowest BCUT2D eigenvalue weighted by Gasteiger charge is -2.10. The van der Waals surface area contributed by atoms with E-state index in [1.807, 2.05) is 54.6 Å². The average Bonchev–Trinajstić information content (AvgIpc) is 2.97. The molecule has 0 aliphatic rings. The lowest BCUT2D eigenvalue weighted by atomic mass is 10.0. The second-order valence-electron chi connectivity index (χ2n) is 5.54. The molecule has 4 nitrogen and oxygen atoms in total. The fraction of sp³-hybridized carbons (Fsp3) is 0.105. The Kier molecular flexibility index (Phi) is 5.27. The smallest absolute Gasteiger partial charge is 0.253 e. The molecule has 1 unspecified atom stereocenters. The van der Waals surface area contributed by atoms with Gasteiger partial charge in [0.2, 0.25) is 0 Å². The van der Waals surface area contributed by atoms with Crippen LogP contribution in [0, 0.1) is 0 Å². The summed E-state index contributed by atoms with van der Waals surface area (Å²) in [4.78, 5) is 15.2. The van der Waals surface area contributed by atoms with Crippen LogP contribution in [0.2, 0.25) is 5.02 Å². The number of aromatic nitrogens is 1. The molecule has 0 radical (unpaired) electrons. The molecule has 0 saturated carbocycles. The molecule has 6 heteroatoms. The Bertz CT molecular complexity index is 948. The van der Waals surface area contributed by atoms with Gasteiger partial charge in [-0.1, -0.05) is 51.8 Å². The number of rotatable bonds is 4. The van der Waals surface area contributed by atoms with Crippen LogP contribution in [0.5, 0.6) is 0 Å². The number of amides is 1. The van der Waals surface area contributed by atoms with Gasteiger partial charge < -0.3 is 15.4 Å².